The number of rotatable bonds is 1. The maximum atomic E-state index is 11.9. The molecule has 0 saturated carbocycles. The highest BCUT2D eigenvalue weighted by Crippen LogP contribution is 2.20. The Morgan fingerprint density at radius 3 is 2.56 bits per heavy atom. The summed E-state index contributed by atoms with van der Waals surface area (Å²) < 4.78 is 0.944. The standard InChI is InChI=1S/C11H11BrN2O2/c1-14-6-9(15)13-10(11(14)16)7-2-4-8(12)5-3-7/h2-5,10H,6H2,1H3,(H,13,15)/t10-/m0/s1. The molecule has 16 heavy (non-hydrogen) atoms. The lowest BCUT2D eigenvalue weighted by molar-refractivity contribution is -0.143. The van der Waals surface area contributed by atoms with Gasteiger partial charge in [-0.25, -0.2) is 0 Å². The van der Waals surface area contributed by atoms with E-state index in [2.05, 4.69) is 21.2 Å². The minimum absolute atomic E-state index is 0.0816. The average molecular weight is 283 g/mol. The maximum absolute atomic E-state index is 11.9. The summed E-state index contributed by atoms with van der Waals surface area (Å²) in [4.78, 5) is 24.6. The van der Waals surface area contributed by atoms with Crippen molar-refractivity contribution in [3.8, 4) is 0 Å². The third kappa shape index (κ3) is 2.09. The number of halogens is 1. The lowest BCUT2D eigenvalue weighted by Gasteiger charge is -2.29. The van der Waals surface area contributed by atoms with Gasteiger partial charge in [0.05, 0.1) is 6.54 Å². The van der Waals surface area contributed by atoms with Gasteiger partial charge in [0.2, 0.25) is 11.8 Å². The summed E-state index contributed by atoms with van der Waals surface area (Å²) >= 11 is 3.33. The topological polar surface area (TPSA) is 49.4 Å². The lowest BCUT2D eigenvalue weighted by atomic mass is 10.0. The van der Waals surface area contributed by atoms with Crippen molar-refractivity contribution in [1.29, 1.82) is 0 Å². The highest BCUT2D eigenvalue weighted by atomic mass is 79.9. The summed E-state index contributed by atoms with van der Waals surface area (Å²) in [5.74, 6) is -0.211. The van der Waals surface area contributed by atoms with E-state index < -0.39 is 6.04 Å². The third-order valence-electron chi connectivity index (χ3n) is 2.51. The van der Waals surface area contributed by atoms with E-state index in [1.54, 1.807) is 7.05 Å². The van der Waals surface area contributed by atoms with Crippen molar-refractivity contribution in [3.63, 3.8) is 0 Å². The molecule has 2 amide bonds. The summed E-state index contributed by atoms with van der Waals surface area (Å²) in [6.45, 7) is 0.131. The zero-order valence-electron chi connectivity index (χ0n) is 8.74. The van der Waals surface area contributed by atoms with E-state index in [0.717, 1.165) is 10.0 Å². The van der Waals surface area contributed by atoms with Crippen molar-refractivity contribution in [2.24, 2.45) is 0 Å². The average Bonchev–Trinajstić information content (AvgIpc) is 2.25. The molecule has 0 spiro atoms. The highest BCUT2D eigenvalue weighted by Gasteiger charge is 2.31. The molecule has 0 bridgehead atoms. The van der Waals surface area contributed by atoms with Gasteiger partial charge in [-0.1, -0.05) is 28.1 Å². The van der Waals surface area contributed by atoms with E-state index >= 15 is 0 Å². The summed E-state index contributed by atoms with van der Waals surface area (Å²) in [5.41, 5.74) is 0.799. The molecule has 1 fully saturated rings. The highest BCUT2D eigenvalue weighted by molar-refractivity contribution is 9.10. The van der Waals surface area contributed by atoms with Gasteiger partial charge in [-0.05, 0) is 17.7 Å². The molecule has 0 radical (unpaired) electrons. The van der Waals surface area contributed by atoms with E-state index in [1.165, 1.54) is 4.90 Å². The Kier molecular flexibility index (Phi) is 2.96. The summed E-state index contributed by atoms with van der Waals surface area (Å²) in [6, 6.07) is 6.80. The molecule has 1 aromatic carbocycles. The molecule has 84 valence electrons. The first-order chi connectivity index (χ1) is 7.58. The molecule has 1 atom stereocenters. The molecule has 1 aliphatic rings. The fourth-order valence-electron chi connectivity index (χ4n) is 1.66. The Balaban J connectivity index is 2.28. The van der Waals surface area contributed by atoms with Crippen LogP contribution in [0.1, 0.15) is 11.6 Å². The number of carbonyl (C=O) groups excluding carboxylic acids is 2. The van der Waals surface area contributed by atoms with Crippen LogP contribution in [0.2, 0.25) is 0 Å². The number of nitrogens with zero attached hydrogens (tertiary/aromatic N) is 1. The zero-order valence-corrected chi connectivity index (χ0v) is 10.3. The van der Waals surface area contributed by atoms with E-state index in [-0.39, 0.29) is 18.4 Å². The van der Waals surface area contributed by atoms with Crippen LogP contribution in [-0.4, -0.2) is 30.3 Å². The van der Waals surface area contributed by atoms with Crippen molar-refractivity contribution < 1.29 is 9.59 Å². The van der Waals surface area contributed by atoms with Gasteiger partial charge in [-0.15, -0.1) is 0 Å². The summed E-state index contributed by atoms with van der Waals surface area (Å²) in [6.07, 6.45) is 0. The van der Waals surface area contributed by atoms with Gasteiger partial charge in [0.15, 0.2) is 0 Å². The molecular weight excluding hydrogens is 272 g/mol. The molecular formula is C11H11BrN2O2. The van der Waals surface area contributed by atoms with Gasteiger partial charge in [-0.3, -0.25) is 9.59 Å². The normalized spacial score (nSPS) is 20.9. The van der Waals surface area contributed by atoms with Gasteiger partial charge in [0.25, 0.3) is 0 Å². The number of piperazine rings is 1. The quantitative estimate of drug-likeness (QED) is 0.838. The number of carbonyl (C=O) groups is 2. The van der Waals surface area contributed by atoms with E-state index in [9.17, 15) is 9.59 Å². The van der Waals surface area contributed by atoms with Gasteiger partial charge < -0.3 is 10.2 Å². The van der Waals surface area contributed by atoms with Crippen molar-refractivity contribution in [2.75, 3.05) is 13.6 Å². The molecule has 0 aliphatic carbocycles. The van der Waals surface area contributed by atoms with Crippen LogP contribution < -0.4 is 5.32 Å². The van der Waals surface area contributed by atoms with Gasteiger partial charge in [0, 0.05) is 11.5 Å². The minimum atomic E-state index is -0.556. The number of hydrogen-bond acceptors (Lipinski definition) is 2. The molecule has 0 unspecified atom stereocenters. The predicted molar refractivity (Wildman–Crippen MR) is 62.7 cm³/mol. The zero-order chi connectivity index (χ0) is 11.7. The van der Waals surface area contributed by atoms with Crippen molar-refractivity contribution in [1.82, 2.24) is 10.2 Å². The second kappa shape index (κ2) is 4.25. The Morgan fingerprint density at radius 1 is 1.31 bits per heavy atom. The summed E-state index contributed by atoms with van der Waals surface area (Å²) in [7, 11) is 1.63. The molecule has 1 aromatic rings. The van der Waals surface area contributed by atoms with Crippen LogP contribution in [-0.2, 0) is 9.59 Å². The molecule has 1 aliphatic heterocycles. The smallest absolute Gasteiger partial charge is 0.250 e. The molecule has 1 heterocycles. The Morgan fingerprint density at radius 2 is 1.94 bits per heavy atom. The van der Waals surface area contributed by atoms with Crippen LogP contribution in [0.15, 0.2) is 28.7 Å². The van der Waals surface area contributed by atoms with Gasteiger partial charge >= 0.3 is 0 Å². The third-order valence-corrected chi connectivity index (χ3v) is 3.04. The van der Waals surface area contributed by atoms with Crippen LogP contribution in [0.4, 0.5) is 0 Å². The van der Waals surface area contributed by atoms with Crippen molar-refractivity contribution in [3.05, 3.63) is 34.3 Å². The van der Waals surface area contributed by atoms with Gasteiger partial charge in [0.1, 0.15) is 6.04 Å². The van der Waals surface area contributed by atoms with Crippen LogP contribution in [0.3, 0.4) is 0 Å². The fourth-order valence-corrected chi connectivity index (χ4v) is 1.93. The summed E-state index contributed by atoms with van der Waals surface area (Å²) in [5, 5.41) is 2.69. The van der Waals surface area contributed by atoms with E-state index in [0.29, 0.717) is 0 Å². The molecule has 1 saturated heterocycles. The Bertz CT molecular complexity index is 430. The second-order valence-corrected chi connectivity index (χ2v) is 4.66. The monoisotopic (exact) mass is 282 g/mol. The first-order valence-corrected chi connectivity index (χ1v) is 5.67. The number of benzene rings is 1. The predicted octanol–water partition coefficient (Wildman–Crippen LogP) is 1.08. The van der Waals surface area contributed by atoms with E-state index in [1.807, 2.05) is 24.3 Å². The minimum Gasteiger partial charge on any atom is -0.339 e. The first kappa shape index (κ1) is 11.1. The Hall–Kier alpha value is -1.36. The molecule has 0 aromatic heterocycles. The number of nitrogens with one attached hydrogen (secondary N) is 1. The van der Waals surface area contributed by atoms with Crippen molar-refractivity contribution >= 4 is 27.7 Å². The van der Waals surface area contributed by atoms with Crippen LogP contribution >= 0.6 is 15.9 Å². The van der Waals surface area contributed by atoms with Crippen LogP contribution in [0.5, 0.6) is 0 Å². The fraction of sp³-hybridized carbons (Fsp3) is 0.273. The SMILES string of the molecule is CN1CC(=O)N[C@@H](c2ccc(Br)cc2)C1=O. The molecule has 1 N–H and O–H groups in total. The van der Waals surface area contributed by atoms with Crippen molar-refractivity contribution in [2.45, 2.75) is 6.04 Å². The van der Waals surface area contributed by atoms with Crippen LogP contribution in [0, 0.1) is 0 Å². The largest absolute Gasteiger partial charge is 0.339 e. The van der Waals surface area contributed by atoms with Gasteiger partial charge in [-0.2, -0.15) is 0 Å². The lowest BCUT2D eigenvalue weighted by Crippen LogP contribution is -2.51. The number of amides is 2. The number of hydrogen-bond donors (Lipinski definition) is 1. The maximum Gasteiger partial charge on any atom is 0.250 e. The first-order valence-electron chi connectivity index (χ1n) is 4.88. The van der Waals surface area contributed by atoms with E-state index in [4.69, 9.17) is 0 Å². The molecule has 2 rings (SSSR count). The molecule has 5 heteroatoms. The molecule has 4 nitrogen and oxygen atoms in total. The van der Waals surface area contributed by atoms with Crippen LogP contribution in [0.25, 0.3) is 0 Å². The number of likely N-dealkylation sites (N-methyl/N-ethyl adjacent to an activating group) is 1. The Labute approximate surface area is 102 Å². The second-order valence-electron chi connectivity index (χ2n) is 3.75.